The largest absolute Gasteiger partial charge is 0.478 e. The number of hydrogen-bond acceptors (Lipinski definition) is 2. The van der Waals surface area contributed by atoms with E-state index in [1.54, 1.807) is 12.1 Å². The highest BCUT2D eigenvalue weighted by Gasteiger charge is 2.38. The van der Waals surface area contributed by atoms with Crippen LogP contribution >= 0.6 is 0 Å². The molecule has 5 heteroatoms. The van der Waals surface area contributed by atoms with Crippen molar-refractivity contribution >= 4 is 17.7 Å². The normalized spacial score (nSPS) is 15.9. The molecule has 0 heterocycles. The van der Waals surface area contributed by atoms with Crippen molar-refractivity contribution in [3.63, 3.8) is 0 Å². The molecule has 0 radical (unpaired) electrons. The van der Waals surface area contributed by atoms with E-state index < -0.39 is 5.97 Å². The van der Waals surface area contributed by atoms with Gasteiger partial charge in [0, 0.05) is 5.54 Å². The first-order chi connectivity index (χ1) is 8.39. The molecule has 1 aliphatic carbocycles. The van der Waals surface area contributed by atoms with Crippen LogP contribution in [0.3, 0.4) is 0 Å². The third kappa shape index (κ3) is 2.80. The Morgan fingerprint density at radius 1 is 1.33 bits per heavy atom. The number of nitrogens with one attached hydrogen (secondary N) is 2. The molecule has 5 nitrogen and oxygen atoms in total. The van der Waals surface area contributed by atoms with E-state index in [-0.39, 0.29) is 17.1 Å². The van der Waals surface area contributed by atoms with E-state index in [0.717, 1.165) is 18.4 Å². The molecule has 0 spiro atoms. The van der Waals surface area contributed by atoms with E-state index in [0.29, 0.717) is 5.69 Å². The average molecular weight is 248 g/mol. The lowest BCUT2D eigenvalue weighted by molar-refractivity contribution is 0.0698. The second-order valence-corrected chi connectivity index (χ2v) is 4.99. The fraction of sp³-hybridized carbons (Fsp3) is 0.385. The fourth-order valence-corrected chi connectivity index (χ4v) is 1.68. The molecule has 0 atom stereocenters. The summed E-state index contributed by atoms with van der Waals surface area (Å²) in [4.78, 5) is 22.8. The zero-order valence-electron chi connectivity index (χ0n) is 10.4. The minimum absolute atomic E-state index is 0.103. The number of hydrogen-bond donors (Lipinski definition) is 3. The number of carbonyl (C=O) groups excluding carboxylic acids is 1. The standard InChI is InChI=1S/C13H16N2O3/c1-8-3-4-10(9(7-8)11(16)17)14-12(18)15-13(2)5-6-13/h3-4,7H,5-6H2,1-2H3,(H,16,17)(H2,14,15,18). The molecule has 2 amide bonds. The molecule has 18 heavy (non-hydrogen) atoms. The molecule has 0 aromatic heterocycles. The van der Waals surface area contributed by atoms with Gasteiger partial charge in [0.25, 0.3) is 0 Å². The topological polar surface area (TPSA) is 78.4 Å². The molecule has 0 aliphatic heterocycles. The predicted octanol–water partition coefficient (Wildman–Crippen LogP) is 2.37. The van der Waals surface area contributed by atoms with Crippen molar-refractivity contribution in [3.8, 4) is 0 Å². The smallest absolute Gasteiger partial charge is 0.337 e. The maximum absolute atomic E-state index is 11.7. The zero-order chi connectivity index (χ0) is 13.3. The zero-order valence-corrected chi connectivity index (χ0v) is 10.4. The van der Waals surface area contributed by atoms with Crippen LogP contribution in [0.1, 0.15) is 35.7 Å². The van der Waals surface area contributed by atoms with Crippen LogP contribution in [0.25, 0.3) is 0 Å². The molecule has 3 N–H and O–H groups in total. The van der Waals surface area contributed by atoms with Crippen molar-refractivity contribution in [2.75, 3.05) is 5.32 Å². The molecule has 0 bridgehead atoms. The van der Waals surface area contributed by atoms with Gasteiger partial charge in [-0.25, -0.2) is 9.59 Å². The van der Waals surface area contributed by atoms with Crippen LogP contribution in [0.2, 0.25) is 0 Å². The lowest BCUT2D eigenvalue weighted by Gasteiger charge is -2.14. The summed E-state index contributed by atoms with van der Waals surface area (Å²) in [6, 6.07) is 4.55. The Morgan fingerprint density at radius 3 is 2.56 bits per heavy atom. The van der Waals surface area contributed by atoms with E-state index in [1.807, 2.05) is 13.8 Å². The van der Waals surface area contributed by atoms with Gasteiger partial charge in [-0.3, -0.25) is 0 Å². The lowest BCUT2D eigenvalue weighted by Crippen LogP contribution is -2.37. The van der Waals surface area contributed by atoms with Crippen molar-refractivity contribution in [1.29, 1.82) is 0 Å². The number of aryl methyl sites for hydroxylation is 1. The minimum Gasteiger partial charge on any atom is -0.478 e. The first-order valence-electron chi connectivity index (χ1n) is 5.83. The summed E-state index contributed by atoms with van der Waals surface area (Å²) in [7, 11) is 0. The van der Waals surface area contributed by atoms with Gasteiger partial charge in [-0.1, -0.05) is 11.6 Å². The van der Waals surface area contributed by atoms with Crippen molar-refractivity contribution < 1.29 is 14.7 Å². The first-order valence-corrected chi connectivity index (χ1v) is 5.83. The van der Waals surface area contributed by atoms with Gasteiger partial charge in [0.15, 0.2) is 0 Å². The molecular formula is C13H16N2O3. The Kier molecular flexibility index (Phi) is 2.98. The first kappa shape index (κ1) is 12.4. The molecule has 1 saturated carbocycles. The van der Waals surface area contributed by atoms with Gasteiger partial charge in [-0.15, -0.1) is 0 Å². The monoisotopic (exact) mass is 248 g/mol. The number of carboxylic acid groups (broad SMARTS) is 1. The van der Waals surface area contributed by atoms with Gasteiger partial charge in [-0.05, 0) is 38.8 Å². The summed E-state index contributed by atoms with van der Waals surface area (Å²) >= 11 is 0. The van der Waals surface area contributed by atoms with Crippen LogP contribution in [0.15, 0.2) is 18.2 Å². The Balaban J connectivity index is 2.13. The summed E-state index contributed by atoms with van der Waals surface area (Å²) in [5, 5.41) is 14.5. The average Bonchev–Trinajstić information content (AvgIpc) is 2.98. The summed E-state index contributed by atoms with van der Waals surface area (Å²) in [6.45, 7) is 3.77. The second-order valence-electron chi connectivity index (χ2n) is 4.99. The van der Waals surface area contributed by atoms with Crippen molar-refractivity contribution in [1.82, 2.24) is 5.32 Å². The molecule has 96 valence electrons. The summed E-state index contributed by atoms with van der Waals surface area (Å²) in [5.74, 6) is -1.05. The van der Waals surface area contributed by atoms with Gasteiger partial charge in [0.05, 0.1) is 11.3 Å². The number of urea groups is 1. The Labute approximate surface area is 105 Å². The fourth-order valence-electron chi connectivity index (χ4n) is 1.68. The Bertz CT molecular complexity index is 507. The molecule has 2 rings (SSSR count). The second kappa shape index (κ2) is 4.33. The Hall–Kier alpha value is -2.04. The SMILES string of the molecule is Cc1ccc(NC(=O)NC2(C)CC2)c(C(=O)O)c1. The highest BCUT2D eigenvalue weighted by atomic mass is 16.4. The highest BCUT2D eigenvalue weighted by molar-refractivity contribution is 6.00. The minimum atomic E-state index is -1.05. The Morgan fingerprint density at radius 2 is 2.00 bits per heavy atom. The number of benzene rings is 1. The molecular weight excluding hydrogens is 232 g/mol. The van der Waals surface area contributed by atoms with Crippen molar-refractivity contribution in [2.45, 2.75) is 32.2 Å². The number of carboxylic acids is 1. The van der Waals surface area contributed by atoms with Gasteiger partial charge >= 0.3 is 12.0 Å². The van der Waals surface area contributed by atoms with E-state index in [1.165, 1.54) is 6.07 Å². The van der Waals surface area contributed by atoms with Gasteiger partial charge in [-0.2, -0.15) is 0 Å². The number of anilines is 1. The molecule has 0 saturated heterocycles. The van der Waals surface area contributed by atoms with E-state index in [2.05, 4.69) is 10.6 Å². The van der Waals surface area contributed by atoms with Crippen LogP contribution in [0.5, 0.6) is 0 Å². The van der Waals surface area contributed by atoms with Crippen molar-refractivity contribution in [2.24, 2.45) is 0 Å². The van der Waals surface area contributed by atoms with Crippen LogP contribution in [-0.2, 0) is 0 Å². The number of carbonyl (C=O) groups is 2. The van der Waals surface area contributed by atoms with Crippen LogP contribution in [0.4, 0.5) is 10.5 Å². The molecule has 1 aromatic carbocycles. The number of rotatable bonds is 3. The molecule has 1 aliphatic rings. The highest BCUT2D eigenvalue weighted by Crippen LogP contribution is 2.34. The lowest BCUT2D eigenvalue weighted by atomic mass is 10.1. The van der Waals surface area contributed by atoms with Gasteiger partial charge in [0.1, 0.15) is 0 Å². The number of amides is 2. The van der Waals surface area contributed by atoms with Gasteiger partial charge in [0.2, 0.25) is 0 Å². The molecule has 1 aromatic rings. The van der Waals surface area contributed by atoms with E-state index in [4.69, 9.17) is 5.11 Å². The third-order valence-corrected chi connectivity index (χ3v) is 3.07. The molecule has 1 fully saturated rings. The van der Waals surface area contributed by atoms with Crippen LogP contribution in [-0.4, -0.2) is 22.6 Å². The van der Waals surface area contributed by atoms with E-state index in [9.17, 15) is 9.59 Å². The van der Waals surface area contributed by atoms with E-state index >= 15 is 0 Å². The van der Waals surface area contributed by atoms with Crippen LogP contribution in [0, 0.1) is 6.92 Å². The molecule has 0 unspecified atom stereocenters. The van der Waals surface area contributed by atoms with Crippen LogP contribution < -0.4 is 10.6 Å². The number of aromatic carboxylic acids is 1. The maximum atomic E-state index is 11.7. The quantitative estimate of drug-likeness (QED) is 0.768. The summed E-state index contributed by atoms with van der Waals surface area (Å²) < 4.78 is 0. The summed E-state index contributed by atoms with van der Waals surface area (Å²) in [6.07, 6.45) is 1.92. The van der Waals surface area contributed by atoms with Gasteiger partial charge < -0.3 is 15.7 Å². The maximum Gasteiger partial charge on any atom is 0.337 e. The summed E-state index contributed by atoms with van der Waals surface area (Å²) in [5.41, 5.74) is 1.13. The van der Waals surface area contributed by atoms with Crippen molar-refractivity contribution in [3.05, 3.63) is 29.3 Å². The third-order valence-electron chi connectivity index (χ3n) is 3.07. The predicted molar refractivity (Wildman–Crippen MR) is 67.9 cm³/mol.